The van der Waals surface area contributed by atoms with Crippen LogP contribution in [0.1, 0.15) is 18.4 Å². The summed E-state index contributed by atoms with van der Waals surface area (Å²) in [5.41, 5.74) is 0.645. The number of hydrogen-bond donors (Lipinski definition) is 1. The molecule has 7 nitrogen and oxygen atoms in total. The van der Waals surface area contributed by atoms with Crippen LogP contribution in [0.15, 0.2) is 45.8 Å². The van der Waals surface area contributed by atoms with E-state index in [9.17, 15) is 9.59 Å². The van der Waals surface area contributed by atoms with E-state index in [2.05, 4.69) is 21.2 Å². The van der Waals surface area contributed by atoms with E-state index in [4.69, 9.17) is 14.2 Å². The van der Waals surface area contributed by atoms with Gasteiger partial charge in [-0.2, -0.15) is 0 Å². The van der Waals surface area contributed by atoms with Gasteiger partial charge in [0, 0.05) is 41.9 Å². The second-order valence-electron chi connectivity index (χ2n) is 7.05. The van der Waals surface area contributed by atoms with Crippen molar-refractivity contribution in [2.24, 2.45) is 0 Å². The molecule has 1 aromatic heterocycles. The second kappa shape index (κ2) is 7.97. The van der Waals surface area contributed by atoms with Crippen molar-refractivity contribution in [2.45, 2.75) is 24.8 Å². The van der Waals surface area contributed by atoms with Gasteiger partial charge in [0.25, 0.3) is 5.56 Å². The summed E-state index contributed by atoms with van der Waals surface area (Å²) in [4.78, 5) is 24.4. The molecule has 0 saturated carbocycles. The minimum absolute atomic E-state index is 0.0218. The summed E-state index contributed by atoms with van der Waals surface area (Å²) in [7, 11) is 0. The zero-order valence-electron chi connectivity index (χ0n) is 15.3. The molecule has 2 aromatic rings. The maximum absolute atomic E-state index is 12.5. The van der Waals surface area contributed by atoms with Crippen LogP contribution in [-0.2, 0) is 21.5 Å². The number of aromatic nitrogens is 1. The number of nitrogens with zero attached hydrogens (tertiary/aromatic N) is 1. The van der Waals surface area contributed by atoms with Gasteiger partial charge in [-0.05, 0) is 52.5 Å². The van der Waals surface area contributed by atoms with Crippen LogP contribution in [0.5, 0.6) is 11.5 Å². The van der Waals surface area contributed by atoms with E-state index < -0.39 is 0 Å². The van der Waals surface area contributed by atoms with Gasteiger partial charge in [0.15, 0.2) is 11.5 Å². The Hall–Kier alpha value is -2.32. The number of benzene rings is 1. The summed E-state index contributed by atoms with van der Waals surface area (Å²) in [5, 5.41) is 3.01. The topological polar surface area (TPSA) is 78.8 Å². The average molecular weight is 449 g/mol. The molecule has 0 unspecified atom stereocenters. The van der Waals surface area contributed by atoms with Crippen molar-refractivity contribution in [3.05, 3.63) is 56.9 Å². The fourth-order valence-corrected chi connectivity index (χ4v) is 4.04. The Bertz CT molecular complexity index is 936. The first-order chi connectivity index (χ1) is 13.6. The molecule has 0 bridgehead atoms. The highest BCUT2D eigenvalue weighted by atomic mass is 79.9. The van der Waals surface area contributed by atoms with Gasteiger partial charge in [0.05, 0.1) is 0 Å². The molecule has 148 valence electrons. The largest absolute Gasteiger partial charge is 0.454 e. The van der Waals surface area contributed by atoms with Crippen molar-refractivity contribution >= 4 is 21.8 Å². The number of fused-ring (bicyclic) bond motifs is 1. The molecule has 2 aliphatic heterocycles. The maximum Gasteiger partial charge on any atom is 0.251 e. The summed E-state index contributed by atoms with van der Waals surface area (Å²) in [6.45, 7) is 1.95. The Morgan fingerprint density at radius 3 is 2.75 bits per heavy atom. The van der Waals surface area contributed by atoms with Crippen LogP contribution < -0.4 is 20.3 Å². The van der Waals surface area contributed by atoms with Crippen molar-refractivity contribution < 1.29 is 19.0 Å². The minimum Gasteiger partial charge on any atom is -0.454 e. The highest BCUT2D eigenvalue weighted by Gasteiger charge is 2.36. The lowest BCUT2D eigenvalue weighted by atomic mass is 9.74. The number of carbonyl (C=O) groups is 1. The lowest BCUT2D eigenvalue weighted by Crippen LogP contribution is -2.45. The zero-order valence-corrected chi connectivity index (χ0v) is 16.9. The standard InChI is InChI=1S/C20H21BrN2O5/c21-15-2-4-19(25)23(10-15)11-18(24)22-12-20(5-7-26-8-6-20)14-1-3-16-17(9-14)28-13-27-16/h1-4,9-10H,5-8,11-13H2,(H,22,24). The molecule has 1 N–H and O–H groups in total. The first-order valence-corrected chi connectivity index (χ1v) is 9.96. The number of nitrogens with one attached hydrogen (secondary N) is 1. The zero-order chi connectivity index (χ0) is 19.6. The smallest absolute Gasteiger partial charge is 0.251 e. The van der Waals surface area contributed by atoms with E-state index in [1.54, 1.807) is 12.3 Å². The molecule has 1 fully saturated rings. The van der Waals surface area contributed by atoms with Gasteiger partial charge in [-0.25, -0.2) is 0 Å². The van der Waals surface area contributed by atoms with E-state index in [0.717, 1.165) is 34.4 Å². The first-order valence-electron chi connectivity index (χ1n) is 9.16. The molecule has 2 aliphatic rings. The van der Waals surface area contributed by atoms with Gasteiger partial charge in [-0.3, -0.25) is 9.59 Å². The highest BCUT2D eigenvalue weighted by molar-refractivity contribution is 9.10. The summed E-state index contributed by atoms with van der Waals surface area (Å²) >= 11 is 3.32. The van der Waals surface area contributed by atoms with E-state index in [-0.39, 0.29) is 30.2 Å². The number of amides is 1. The van der Waals surface area contributed by atoms with Crippen molar-refractivity contribution in [2.75, 3.05) is 26.6 Å². The number of hydrogen-bond acceptors (Lipinski definition) is 5. The van der Waals surface area contributed by atoms with E-state index >= 15 is 0 Å². The van der Waals surface area contributed by atoms with E-state index in [1.807, 2.05) is 18.2 Å². The Kier molecular flexibility index (Phi) is 5.41. The molecule has 1 saturated heterocycles. The Labute approximate surface area is 170 Å². The van der Waals surface area contributed by atoms with Gasteiger partial charge in [0.2, 0.25) is 12.7 Å². The van der Waals surface area contributed by atoms with Crippen LogP contribution >= 0.6 is 15.9 Å². The van der Waals surface area contributed by atoms with Crippen LogP contribution in [-0.4, -0.2) is 37.0 Å². The van der Waals surface area contributed by atoms with Crippen molar-refractivity contribution in [1.82, 2.24) is 9.88 Å². The fraction of sp³-hybridized carbons (Fsp3) is 0.400. The molecule has 0 spiro atoms. The Balaban J connectivity index is 1.50. The van der Waals surface area contributed by atoms with Crippen LogP contribution in [0.4, 0.5) is 0 Å². The number of halogens is 1. The second-order valence-corrected chi connectivity index (χ2v) is 7.97. The first kappa shape index (κ1) is 19.0. The third kappa shape index (κ3) is 3.93. The maximum atomic E-state index is 12.5. The minimum atomic E-state index is -0.239. The van der Waals surface area contributed by atoms with Crippen molar-refractivity contribution in [3.63, 3.8) is 0 Å². The van der Waals surface area contributed by atoms with Gasteiger partial charge < -0.3 is 24.1 Å². The molecule has 1 amide bonds. The molecule has 0 aliphatic carbocycles. The molecule has 0 atom stereocenters. The third-order valence-corrected chi connectivity index (χ3v) is 5.79. The van der Waals surface area contributed by atoms with Crippen LogP contribution in [0, 0.1) is 0 Å². The van der Waals surface area contributed by atoms with Gasteiger partial charge in [-0.15, -0.1) is 0 Å². The SMILES string of the molecule is O=C(Cn1cc(Br)ccc1=O)NCC1(c2ccc3c(c2)OCO3)CCOCC1. The van der Waals surface area contributed by atoms with Gasteiger partial charge in [-0.1, -0.05) is 6.07 Å². The van der Waals surface area contributed by atoms with Gasteiger partial charge in [0.1, 0.15) is 6.54 Å². The van der Waals surface area contributed by atoms with Crippen LogP contribution in [0.2, 0.25) is 0 Å². The average Bonchev–Trinajstić information content (AvgIpc) is 3.18. The van der Waals surface area contributed by atoms with Crippen molar-refractivity contribution in [1.29, 1.82) is 0 Å². The predicted octanol–water partition coefficient (Wildman–Crippen LogP) is 2.20. The van der Waals surface area contributed by atoms with Crippen molar-refractivity contribution in [3.8, 4) is 11.5 Å². The monoisotopic (exact) mass is 448 g/mol. The lowest BCUT2D eigenvalue weighted by molar-refractivity contribution is -0.122. The van der Waals surface area contributed by atoms with Crippen LogP contribution in [0.3, 0.4) is 0 Å². The number of ether oxygens (including phenoxy) is 3. The normalized spacial score (nSPS) is 17.3. The molecule has 28 heavy (non-hydrogen) atoms. The molecule has 8 heteroatoms. The van der Waals surface area contributed by atoms with E-state index in [0.29, 0.717) is 19.8 Å². The fourth-order valence-electron chi connectivity index (χ4n) is 3.66. The third-order valence-electron chi connectivity index (χ3n) is 5.32. The molecule has 3 heterocycles. The summed E-state index contributed by atoms with van der Waals surface area (Å²) in [6.07, 6.45) is 3.21. The lowest BCUT2D eigenvalue weighted by Gasteiger charge is -2.38. The number of carbonyl (C=O) groups excluding carboxylic acids is 1. The molecular formula is C20H21BrN2O5. The highest BCUT2D eigenvalue weighted by Crippen LogP contribution is 2.40. The summed E-state index contributed by atoms with van der Waals surface area (Å²) in [6, 6.07) is 9.04. The Morgan fingerprint density at radius 2 is 1.93 bits per heavy atom. The molecule has 4 rings (SSSR count). The summed E-state index contributed by atoms with van der Waals surface area (Å²) in [5.74, 6) is 1.27. The quantitative estimate of drug-likeness (QED) is 0.758. The van der Waals surface area contributed by atoms with E-state index in [1.165, 1.54) is 10.6 Å². The number of rotatable bonds is 5. The molecular weight excluding hydrogens is 428 g/mol. The summed E-state index contributed by atoms with van der Waals surface area (Å²) < 4.78 is 18.6. The Morgan fingerprint density at radius 1 is 1.14 bits per heavy atom. The number of pyridine rings is 1. The van der Waals surface area contributed by atoms with Crippen LogP contribution in [0.25, 0.3) is 0 Å². The van der Waals surface area contributed by atoms with Gasteiger partial charge >= 0.3 is 0 Å². The predicted molar refractivity (Wildman–Crippen MR) is 106 cm³/mol. The molecule has 1 aromatic carbocycles. The molecule has 0 radical (unpaired) electrons.